The lowest BCUT2D eigenvalue weighted by Crippen LogP contribution is -2.29. The van der Waals surface area contributed by atoms with Crippen LogP contribution in [0.4, 0.5) is 0 Å². The maximum Gasteiger partial charge on any atom is 0.333 e. The molecule has 0 aromatic heterocycles. The second kappa shape index (κ2) is 10.8. The molecule has 0 aliphatic heterocycles. The van der Waals surface area contributed by atoms with Crippen LogP contribution in [0.1, 0.15) is 30.5 Å². The predicted molar refractivity (Wildman–Crippen MR) is 111 cm³/mol. The third-order valence-corrected chi connectivity index (χ3v) is 4.25. The van der Waals surface area contributed by atoms with Gasteiger partial charge in [-0.2, -0.15) is 0 Å². The molecule has 2 N–H and O–H groups in total. The van der Waals surface area contributed by atoms with E-state index < -0.39 is 18.2 Å². The van der Waals surface area contributed by atoms with Crippen LogP contribution in [0.15, 0.2) is 42.5 Å². The van der Waals surface area contributed by atoms with E-state index in [0.29, 0.717) is 5.75 Å². The van der Waals surface area contributed by atoms with Gasteiger partial charge in [0.25, 0.3) is 0 Å². The van der Waals surface area contributed by atoms with Gasteiger partial charge >= 0.3 is 5.97 Å². The van der Waals surface area contributed by atoms with Crippen molar-refractivity contribution in [2.24, 2.45) is 0 Å². The number of benzene rings is 2. The molecular formula is C23H30O6. The van der Waals surface area contributed by atoms with Crippen molar-refractivity contribution in [2.75, 3.05) is 13.2 Å². The van der Waals surface area contributed by atoms with Crippen LogP contribution in [0.5, 0.6) is 11.5 Å². The molecular weight excluding hydrogens is 372 g/mol. The number of carboxylic acid groups (broad SMARTS) is 1. The first-order valence-corrected chi connectivity index (χ1v) is 9.72. The zero-order chi connectivity index (χ0) is 21.4. The van der Waals surface area contributed by atoms with Crippen LogP contribution in [-0.2, 0) is 16.0 Å². The van der Waals surface area contributed by atoms with Gasteiger partial charge in [0.2, 0.25) is 0 Å². The average molecular weight is 402 g/mol. The largest absolute Gasteiger partial charge is 0.491 e. The predicted octanol–water partition coefficient (Wildman–Crippen LogP) is 3.54. The molecule has 0 saturated carbocycles. The fourth-order valence-corrected chi connectivity index (χ4v) is 2.79. The number of aliphatic hydroxyl groups is 1. The maximum atomic E-state index is 11.4. The van der Waals surface area contributed by atoms with Crippen LogP contribution < -0.4 is 9.47 Å². The highest BCUT2D eigenvalue weighted by molar-refractivity contribution is 5.72. The van der Waals surface area contributed by atoms with Gasteiger partial charge < -0.3 is 24.4 Å². The fraction of sp³-hybridized carbons (Fsp3) is 0.435. The molecule has 2 rings (SSSR count). The Morgan fingerprint density at radius 2 is 1.76 bits per heavy atom. The second-order valence-corrected chi connectivity index (χ2v) is 7.41. The van der Waals surface area contributed by atoms with Gasteiger partial charge in [0.1, 0.15) is 30.8 Å². The van der Waals surface area contributed by atoms with Crippen molar-refractivity contribution >= 4 is 5.97 Å². The van der Waals surface area contributed by atoms with E-state index in [1.807, 2.05) is 38.1 Å². The molecule has 2 atom stereocenters. The number of aliphatic hydroxyl groups excluding tert-OH is 1. The molecule has 0 spiro atoms. The molecule has 6 heteroatoms. The topological polar surface area (TPSA) is 85.2 Å². The quantitative estimate of drug-likeness (QED) is 0.598. The van der Waals surface area contributed by atoms with Crippen LogP contribution in [0.25, 0.3) is 0 Å². The minimum Gasteiger partial charge on any atom is -0.491 e. The van der Waals surface area contributed by atoms with Crippen molar-refractivity contribution in [3.8, 4) is 11.5 Å². The van der Waals surface area contributed by atoms with E-state index in [-0.39, 0.29) is 25.7 Å². The smallest absolute Gasteiger partial charge is 0.333 e. The van der Waals surface area contributed by atoms with Gasteiger partial charge in [-0.3, -0.25) is 0 Å². The van der Waals surface area contributed by atoms with Crippen molar-refractivity contribution < 1.29 is 29.2 Å². The standard InChI is InChI=1S/C23H30O6/c1-15(2)29-22(23(25)26)12-18-6-5-7-20(11-18)27-13-19(24)14-28-21-10-16(3)8-9-17(21)4/h5-11,15,19,22,24H,12-14H2,1-4H3,(H,25,26)/t19-,22-/m0/s1. The van der Waals surface area contributed by atoms with Gasteiger partial charge in [-0.05, 0) is 62.6 Å². The van der Waals surface area contributed by atoms with E-state index in [1.54, 1.807) is 32.0 Å². The Morgan fingerprint density at radius 1 is 1.03 bits per heavy atom. The number of hydrogen-bond donors (Lipinski definition) is 2. The first kappa shape index (κ1) is 22.7. The molecule has 0 amide bonds. The third kappa shape index (κ3) is 7.75. The molecule has 0 aliphatic rings. The van der Waals surface area contributed by atoms with Crippen LogP contribution in [-0.4, -0.2) is 47.7 Å². The van der Waals surface area contributed by atoms with Crippen LogP contribution in [0.2, 0.25) is 0 Å². The molecule has 0 saturated heterocycles. The van der Waals surface area contributed by atoms with Gasteiger partial charge in [0.05, 0.1) is 6.10 Å². The fourth-order valence-electron chi connectivity index (χ4n) is 2.79. The van der Waals surface area contributed by atoms with Gasteiger partial charge in [0.15, 0.2) is 6.10 Å². The Morgan fingerprint density at radius 3 is 2.45 bits per heavy atom. The molecule has 6 nitrogen and oxygen atoms in total. The van der Waals surface area contributed by atoms with E-state index in [0.717, 1.165) is 22.4 Å². The normalized spacial score (nSPS) is 13.2. The SMILES string of the molecule is Cc1ccc(C)c(OC[C@@H](O)COc2cccc(C[C@H](OC(C)C)C(=O)O)c2)c1. The highest BCUT2D eigenvalue weighted by atomic mass is 16.5. The molecule has 0 aliphatic carbocycles. The second-order valence-electron chi connectivity index (χ2n) is 7.41. The number of aryl methyl sites for hydroxylation is 2. The summed E-state index contributed by atoms with van der Waals surface area (Å²) in [4.78, 5) is 11.4. The van der Waals surface area contributed by atoms with Crippen molar-refractivity contribution in [1.82, 2.24) is 0 Å². The molecule has 2 aromatic rings. The lowest BCUT2D eigenvalue weighted by Gasteiger charge is -2.17. The van der Waals surface area contributed by atoms with E-state index in [9.17, 15) is 15.0 Å². The molecule has 0 fully saturated rings. The number of ether oxygens (including phenoxy) is 3. The van der Waals surface area contributed by atoms with Gasteiger partial charge in [-0.1, -0.05) is 24.3 Å². The van der Waals surface area contributed by atoms with E-state index in [4.69, 9.17) is 14.2 Å². The number of hydrogen-bond acceptors (Lipinski definition) is 5. The summed E-state index contributed by atoms with van der Waals surface area (Å²) in [6.07, 6.45) is -1.65. The number of carbonyl (C=O) groups is 1. The summed E-state index contributed by atoms with van der Waals surface area (Å²) in [6.45, 7) is 7.73. The van der Waals surface area contributed by atoms with Crippen LogP contribution in [0, 0.1) is 13.8 Å². The highest BCUT2D eigenvalue weighted by Gasteiger charge is 2.20. The number of rotatable bonds is 11. The highest BCUT2D eigenvalue weighted by Crippen LogP contribution is 2.20. The van der Waals surface area contributed by atoms with Crippen molar-refractivity contribution in [3.63, 3.8) is 0 Å². The van der Waals surface area contributed by atoms with E-state index >= 15 is 0 Å². The monoisotopic (exact) mass is 402 g/mol. The summed E-state index contributed by atoms with van der Waals surface area (Å²) in [5.41, 5.74) is 2.89. The summed E-state index contributed by atoms with van der Waals surface area (Å²) < 4.78 is 16.8. The maximum absolute atomic E-state index is 11.4. The summed E-state index contributed by atoms with van der Waals surface area (Å²) >= 11 is 0. The molecule has 0 heterocycles. The van der Waals surface area contributed by atoms with Gasteiger partial charge in [0, 0.05) is 6.42 Å². The van der Waals surface area contributed by atoms with Crippen LogP contribution >= 0.6 is 0 Å². The first-order valence-electron chi connectivity index (χ1n) is 9.72. The Labute approximate surface area is 172 Å². The summed E-state index contributed by atoms with van der Waals surface area (Å²) in [6, 6.07) is 13.1. The summed E-state index contributed by atoms with van der Waals surface area (Å²) in [7, 11) is 0. The molecule has 0 radical (unpaired) electrons. The Balaban J connectivity index is 1.87. The van der Waals surface area contributed by atoms with Gasteiger partial charge in [-0.15, -0.1) is 0 Å². The molecule has 2 aromatic carbocycles. The lowest BCUT2D eigenvalue weighted by atomic mass is 10.1. The van der Waals surface area contributed by atoms with Gasteiger partial charge in [-0.25, -0.2) is 4.79 Å². The molecule has 0 unspecified atom stereocenters. The van der Waals surface area contributed by atoms with Crippen molar-refractivity contribution in [1.29, 1.82) is 0 Å². The molecule has 158 valence electrons. The van der Waals surface area contributed by atoms with Crippen molar-refractivity contribution in [2.45, 2.75) is 52.4 Å². The number of aliphatic carboxylic acids is 1. The zero-order valence-electron chi connectivity index (χ0n) is 17.4. The first-order chi connectivity index (χ1) is 13.7. The van der Waals surface area contributed by atoms with Crippen molar-refractivity contribution in [3.05, 3.63) is 59.2 Å². The Kier molecular flexibility index (Phi) is 8.49. The third-order valence-electron chi connectivity index (χ3n) is 4.25. The van der Waals surface area contributed by atoms with E-state index in [2.05, 4.69) is 0 Å². The Hall–Kier alpha value is -2.57. The summed E-state index contributed by atoms with van der Waals surface area (Å²) in [5, 5.41) is 19.5. The Bertz CT molecular complexity index is 802. The zero-order valence-corrected chi connectivity index (χ0v) is 17.4. The minimum absolute atomic E-state index is 0.0686. The lowest BCUT2D eigenvalue weighted by molar-refractivity contribution is -0.153. The van der Waals surface area contributed by atoms with Crippen LogP contribution in [0.3, 0.4) is 0 Å². The average Bonchev–Trinajstić information content (AvgIpc) is 2.66. The molecule has 0 bridgehead atoms. The number of carboxylic acids is 1. The minimum atomic E-state index is -0.996. The molecule has 29 heavy (non-hydrogen) atoms. The summed E-state index contributed by atoms with van der Waals surface area (Å²) in [5.74, 6) is 0.307. The van der Waals surface area contributed by atoms with E-state index in [1.165, 1.54) is 0 Å².